The van der Waals surface area contributed by atoms with Crippen LogP contribution >= 0.6 is 11.6 Å². The van der Waals surface area contributed by atoms with E-state index in [0.29, 0.717) is 0 Å². The Morgan fingerprint density at radius 1 is 1.60 bits per heavy atom. The fourth-order valence-corrected chi connectivity index (χ4v) is 0.815. The Labute approximate surface area is 61.1 Å². The Bertz CT molecular complexity index is 351. The molecular formula is C5H5ClN2O2. The van der Waals surface area contributed by atoms with E-state index in [1.54, 1.807) is 0 Å². The molecule has 54 valence electrons. The summed E-state index contributed by atoms with van der Waals surface area (Å²) in [4.78, 5) is 23.4. The van der Waals surface area contributed by atoms with E-state index < -0.39 is 11.1 Å². The Morgan fingerprint density at radius 3 is 2.70 bits per heavy atom. The average molecular weight is 161 g/mol. The van der Waals surface area contributed by atoms with Gasteiger partial charge in [0.15, 0.2) is 0 Å². The van der Waals surface area contributed by atoms with Gasteiger partial charge in [0.25, 0.3) is 0 Å². The van der Waals surface area contributed by atoms with Crippen molar-refractivity contribution in [1.29, 1.82) is 0 Å². The maximum atomic E-state index is 10.7. The van der Waals surface area contributed by atoms with Gasteiger partial charge in [-0.1, -0.05) is 11.6 Å². The normalized spacial score (nSPS) is 9.80. The predicted octanol–water partition coefficient (Wildman–Crippen LogP) is -0.273. The minimum absolute atomic E-state index is 0.159. The van der Waals surface area contributed by atoms with Gasteiger partial charge < -0.3 is 9.55 Å². The standard InChI is InChI=1S/C5H5ClN2O2/c1-8-2-3(6)7-4(9)5(8)10/h2H,1H3,(H,7,9). The van der Waals surface area contributed by atoms with Crippen molar-refractivity contribution in [3.05, 3.63) is 32.1 Å². The van der Waals surface area contributed by atoms with Crippen molar-refractivity contribution in [3.8, 4) is 0 Å². The number of hydrogen-bond donors (Lipinski definition) is 1. The number of aryl methyl sites for hydroxylation is 1. The van der Waals surface area contributed by atoms with Gasteiger partial charge in [-0.25, -0.2) is 0 Å². The third kappa shape index (κ3) is 1.11. The van der Waals surface area contributed by atoms with E-state index in [-0.39, 0.29) is 5.15 Å². The molecule has 0 saturated carbocycles. The molecule has 0 amide bonds. The van der Waals surface area contributed by atoms with Gasteiger partial charge in [-0.15, -0.1) is 0 Å². The molecule has 10 heavy (non-hydrogen) atoms. The van der Waals surface area contributed by atoms with E-state index in [4.69, 9.17) is 11.6 Å². The first-order valence-electron chi connectivity index (χ1n) is 2.56. The molecule has 0 spiro atoms. The van der Waals surface area contributed by atoms with Gasteiger partial charge in [0, 0.05) is 13.2 Å². The van der Waals surface area contributed by atoms with Gasteiger partial charge in [-0.2, -0.15) is 0 Å². The molecule has 0 fully saturated rings. The lowest BCUT2D eigenvalue weighted by atomic mass is 10.7. The second kappa shape index (κ2) is 2.30. The molecule has 1 N–H and O–H groups in total. The molecular weight excluding hydrogens is 156 g/mol. The molecule has 4 nitrogen and oxygen atoms in total. The number of nitrogens with zero attached hydrogens (tertiary/aromatic N) is 1. The smallest absolute Gasteiger partial charge is 0.311 e. The number of rotatable bonds is 0. The van der Waals surface area contributed by atoms with Crippen LogP contribution in [-0.2, 0) is 7.05 Å². The van der Waals surface area contributed by atoms with Crippen LogP contribution < -0.4 is 11.1 Å². The van der Waals surface area contributed by atoms with Crippen molar-refractivity contribution in [2.45, 2.75) is 0 Å². The summed E-state index contributed by atoms with van der Waals surface area (Å²) >= 11 is 5.41. The quantitative estimate of drug-likeness (QED) is 0.531. The van der Waals surface area contributed by atoms with E-state index in [2.05, 4.69) is 4.98 Å². The molecule has 1 aromatic heterocycles. The summed E-state index contributed by atoms with van der Waals surface area (Å²) in [6, 6.07) is 0. The number of nitrogens with one attached hydrogen (secondary N) is 1. The molecule has 0 aromatic carbocycles. The predicted molar refractivity (Wildman–Crippen MR) is 37.3 cm³/mol. The van der Waals surface area contributed by atoms with E-state index in [1.807, 2.05) is 0 Å². The summed E-state index contributed by atoms with van der Waals surface area (Å²) < 4.78 is 1.13. The number of aromatic nitrogens is 2. The lowest BCUT2D eigenvalue weighted by Gasteiger charge is -1.93. The molecule has 0 aliphatic carbocycles. The van der Waals surface area contributed by atoms with Crippen molar-refractivity contribution >= 4 is 11.6 Å². The summed E-state index contributed by atoms with van der Waals surface area (Å²) in [5.41, 5.74) is -1.31. The Balaban J connectivity index is 3.62. The lowest BCUT2D eigenvalue weighted by molar-refractivity contribution is 0.824. The zero-order valence-electron chi connectivity index (χ0n) is 5.22. The Hall–Kier alpha value is -1.03. The minimum Gasteiger partial charge on any atom is -0.311 e. The van der Waals surface area contributed by atoms with Crippen molar-refractivity contribution in [1.82, 2.24) is 9.55 Å². The topological polar surface area (TPSA) is 54.9 Å². The van der Waals surface area contributed by atoms with Gasteiger partial charge in [-0.3, -0.25) is 9.59 Å². The van der Waals surface area contributed by atoms with Gasteiger partial charge in [0.2, 0.25) is 0 Å². The highest BCUT2D eigenvalue weighted by atomic mass is 35.5. The summed E-state index contributed by atoms with van der Waals surface area (Å²) in [6.07, 6.45) is 1.34. The molecule has 1 rings (SSSR count). The van der Waals surface area contributed by atoms with Crippen molar-refractivity contribution in [2.24, 2.45) is 7.05 Å². The van der Waals surface area contributed by atoms with Crippen LogP contribution in [-0.4, -0.2) is 9.55 Å². The molecule has 1 heterocycles. The fourth-order valence-electron chi connectivity index (χ4n) is 0.583. The molecule has 0 aliphatic heterocycles. The fraction of sp³-hybridized carbons (Fsp3) is 0.200. The van der Waals surface area contributed by atoms with Crippen LogP contribution in [0.25, 0.3) is 0 Å². The summed E-state index contributed by atoms with van der Waals surface area (Å²) in [7, 11) is 1.46. The van der Waals surface area contributed by atoms with Crippen LogP contribution in [0.2, 0.25) is 5.15 Å². The molecule has 0 bridgehead atoms. The summed E-state index contributed by atoms with van der Waals surface area (Å²) in [6.45, 7) is 0. The zero-order valence-corrected chi connectivity index (χ0v) is 5.97. The highest BCUT2D eigenvalue weighted by Gasteiger charge is 1.96. The van der Waals surface area contributed by atoms with E-state index in [0.717, 1.165) is 4.57 Å². The number of H-pyrrole nitrogens is 1. The SMILES string of the molecule is Cn1cc(Cl)[nH]c(=O)c1=O. The maximum absolute atomic E-state index is 10.7. The Morgan fingerprint density at radius 2 is 2.20 bits per heavy atom. The van der Waals surface area contributed by atoms with Gasteiger partial charge in [0.1, 0.15) is 5.15 Å². The number of hydrogen-bond acceptors (Lipinski definition) is 2. The van der Waals surface area contributed by atoms with Crippen LogP contribution in [0, 0.1) is 0 Å². The minimum atomic E-state index is -0.699. The van der Waals surface area contributed by atoms with Crippen LogP contribution in [0.15, 0.2) is 15.8 Å². The maximum Gasteiger partial charge on any atom is 0.316 e. The first-order valence-corrected chi connectivity index (χ1v) is 2.94. The average Bonchev–Trinajstić information content (AvgIpc) is 1.82. The lowest BCUT2D eigenvalue weighted by Crippen LogP contribution is -2.34. The third-order valence-electron chi connectivity index (χ3n) is 1.05. The van der Waals surface area contributed by atoms with Gasteiger partial charge >= 0.3 is 11.1 Å². The van der Waals surface area contributed by atoms with Crippen molar-refractivity contribution in [3.63, 3.8) is 0 Å². The first kappa shape index (κ1) is 7.08. The highest BCUT2D eigenvalue weighted by Crippen LogP contribution is 1.93. The third-order valence-corrected chi connectivity index (χ3v) is 1.25. The van der Waals surface area contributed by atoms with Crippen molar-refractivity contribution in [2.75, 3.05) is 0 Å². The van der Waals surface area contributed by atoms with E-state index >= 15 is 0 Å². The van der Waals surface area contributed by atoms with Gasteiger partial charge in [-0.05, 0) is 0 Å². The molecule has 0 atom stereocenters. The van der Waals surface area contributed by atoms with Crippen LogP contribution in [0.5, 0.6) is 0 Å². The molecule has 0 aliphatic rings. The van der Waals surface area contributed by atoms with Gasteiger partial charge in [0.05, 0.1) is 0 Å². The Kier molecular flexibility index (Phi) is 1.63. The van der Waals surface area contributed by atoms with Crippen LogP contribution in [0.4, 0.5) is 0 Å². The van der Waals surface area contributed by atoms with E-state index in [9.17, 15) is 9.59 Å². The number of halogens is 1. The summed E-state index contributed by atoms with van der Waals surface area (Å²) in [5, 5.41) is 0.159. The highest BCUT2D eigenvalue weighted by molar-refractivity contribution is 6.29. The second-order valence-electron chi connectivity index (χ2n) is 1.85. The molecule has 0 unspecified atom stereocenters. The molecule has 1 aromatic rings. The van der Waals surface area contributed by atoms with E-state index in [1.165, 1.54) is 13.2 Å². The molecule has 0 saturated heterocycles. The second-order valence-corrected chi connectivity index (χ2v) is 2.25. The van der Waals surface area contributed by atoms with Crippen LogP contribution in [0.1, 0.15) is 0 Å². The van der Waals surface area contributed by atoms with Crippen LogP contribution in [0.3, 0.4) is 0 Å². The zero-order chi connectivity index (χ0) is 7.72. The molecule has 0 radical (unpaired) electrons. The largest absolute Gasteiger partial charge is 0.316 e. The monoisotopic (exact) mass is 160 g/mol. The number of aromatic amines is 1. The molecule has 5 heteroatoms. The first-order chi connectivity index (χ1) is 4.61. The van der Waals surface area contributed by atoms with Crippen molar-refractivity contribution < 1.29 is 0 Å². The summed E-state index contributed by atoms with van der Waals surface area (Å²) in [5.74, 6) is 0.